The molecule has 1 fully saturated rings. The van der Waals surface area contributed by atoms with Crippen molar-refractivity contribution in [2.45, 2.75) is 13.0 Å². The average Bonchev–Trinajstić information content (AvgIpc) is 3.13. The molecule has 0 bridgehead atoms. The fraction of sp³-hybridized carbons (Fsp3) is 0.300. The second-order valence-electron chi connectivity index (χ2n) is 6.56. The number of rotatable bonds is 5. The van der Waals surface area contributed by atoms with Gasteiger partial charge in [-0.3, -0.25) is 4.79 Å². The van der Waals surface area contributed by atoms with E-state index in [1.165, 1.54) is 5.56 Å². The molecule has 1 saturated heterocycles. The van der Waals surface area contributed by atoms with Gasteiger partial charge in [0, 0.05) is 26.7 Å². The topological polar surface area (TPSA) is 72.9 Å². The summed E-state index contributed by atoms with van der Waals surface area (Å²) in [7, 11) is 1.98. The van der Waals surface area contributed by atoms with Crippen molar-refractivity contribution in [1.82, 2.24) is 4.90 Å². The van der Waals surface area contributed by atoms with Gasteiger partial charge in [0.1, 0.15) is 0 Å². The Balaban J connectivity index is 1.69. The van der Waals surface area contributed by atoms with E-state index in [-0.39, 0.29) is 12.6 Å². The highest BCUT2D eigenvalue weighted by Gasteiger charge is 2.31. The number of likely N-dealkylation sites (tertiary alicyclic amines) is 1. The number of nitrogens with one attached hydrogen (secondary N) is 1. The molecule has 26 heavy (non-hydrogen) atoms. The summed E-state index contributed by atoms with van der Waals surface area (Å²) in [5, 5.41) is 12.0. The Kier molecular flexibility index (Phi) is 5.41. The van der Waals surface area contributed by atoms with Crippen molar-refractivity contribution < 1.29 is 14.7 Å². The van der Waals surface area contributed by atoms with E-state index in [4.69, 9.17) is 5.11 Å². The molecule has 0 saturated carbocycles. The van der Waals surface area contributed by atoms with Crippen LogP contribution in [-0.4, -0.2) is 42.1 Å². The number of hydrogen-bond acceptors (Lipinski definition) is 3. The van der Waals surface area contributed by atoms with E-state index in [1.807, 2.05) is 49.5 Å². The number of nitrogens with zero attached hydrogens (tertiary/aromatic N) is 2. The van der Waals surface area contributed by atoms with E-state index in [9.17, 15) is 9.59 Å². The molecule has 0 radical (unpaired) electrons. The number of anilines is 2. The Labute approximate surface area is 153 Å². The molecule has 2 aromatic carbocycles. The van der Waals surface area contributed by atoms with Gasteiger partial charge in [-0.15, -0.1) is 0 Å². The van der Waals surface area contributed by atoms with E-state index in [1.54, 1.807) is 4.90 Å². The number of urea groups is 1. The summed E-state index contributed by atoms with van der Waals surface area (Å²) in [5.41, 5.74) is 2.81. The van der Waals surface area contributed by atoms with E-state index < -0.39 is 11.9 Å². The van der Waals surface area contributed by atoms with Gasteiger partial charge < -0.3 is 20.2 Å². The highest BCUT2D eigenvalue weighted by atomic mass is 16.4. The second-order valence-corrected chi connectivity index (χ2v) is 6.56. The number of carboxylic acid groups (broad SMARTS) is 1. The Morgan fingerprint density at radius 1 is 1.15 bits per heavy atom. The van der Waals surface area contributed by atoms with Gasteiger partial charge in [0.25, 0.3) is 0 Å². The van der Waals surface area contributed by atoms with Crippen molar-refractivity contribution in [3.63, 3.8) is 0 Å². The molecule has 2 amide bonds. The number of carbonyl (C=O) groups excluding carboxylic acids is 1. The Hall–Kier alpha value is -3.02. The molecule has 1 aliphatic heterocycles. The lowest BCUT2D eigenvalue weighted by atomic mass is 10.1. The standard InChI is InChI=1S/C20H23N3O3/c1-22(13-15-7-3-2-4-8-15)18-10-6-5-9-17(18)21-20(26)23-12-11-16(14-23)19(24)25/h2-10,16H,11-14H2,1H3,(H,21,26)(H,24,25). The number of amides is 2. The molecular formula is C20H23N3O3. The molecule has 1 heterocycles. The average molecular weight is 353 g/mol. The van der Waals surface area contributed by atoms with Crippen LogP contribution in [0.3, 0.4) is 0 Å². The number of benzene rings is 2. The molecule has 6 nitrogen and oxygen atoms in total. The largest absolute Gasteiger partial charge is 0.481 e. The molecule has 2 N–H and O–H groups in total. The van der Waals surface area contributed by atoms with E-state index in [2.05, 4.69) is 22.3 Å². The van der Waals surface area contributed by atoms with Crippen LogP contribution in [0.1, 0.15) is 12.0 Å². The van der Waals surface area contributed by atoms with Crippen LogP contribution in [0, 0.1) is 5.92 Å². The minimum absolute atomic E-state index is 0.253. The van der Waals surface area contributed by atoms with Crippen LogP contribution in [-0.2, 0) is 11.3 Å². The van der Waals surface area contributed by atoms with Crippen LogP contribution in [0.25, 0.3) is 0 Å². The highest BCUT2D eigenvalue weighted by Crippen LogP contribution is 2.27. The first-order valence-corrected chi connectivity index (χ1v) is 8.67. The van der Waals surface area contributed by atoms with Crippen LogP contribution in [0.4, 0.5) is 16.2 Å². The lowest BCUT2D eigenvalue weighted by molar-refractivity contribution is -0.141. The maximum absolute atomic E-state index is 12.5. The van der Waals surface area contributed by atoms with E-state index >= 15 is 0 Å². The predicted octanol–water partition coefficient (Wildman–Crippen LogP) is 3.26. The maximum Gasteiger partial charge on any atom is 0.321 e. The summed E-state index contributed by atoms with van der Waals surface area (Å²) in [5.74, 6) is -1.32. The van der Waals surface area contributed by atoms with Crippen LogP contribution in [0.15, 0.2) is 54.6 Å². The number of aliphatic carboxylic acids is 1. The van der Waals surface area contributed by atoms with Crippen LogP contribution >= 0.6 is 0 Å². The van der Waals surface area contributed by atoms with Gasteiger partial charge in [-0.2, -0.15) is 0 Å². The highest BCUT2D eigenvalue weighted by molar-refractivity contribution is 5.93. The zero-order chi connectivity index (χ0) is 18.5. The number of para-hydroxylation sites is 2. The van der Waals surface area contributed by atoms with E-state index in [0.717, 1.165) is 17.9 Å². The summed E-state index contributed by atoms with van der Waals surface area (Å²) < 4.78 is 0. The maximum atomic E-state index is 12.5. The first kappa shape index (κ1) is 17.8. The SMILES string of the molecule is CN(Cc1ccccc1)c1ccccc1NC(=O)N1CCC(C(=O)O)C1. The van der Waals surface area contributed by atoms with Crippen LogP contribution < -0.4 is 10.2 Å². The summed E-state index contributed by atoms with van der Waals surface area (Å²) in [4.78, 5) is 27.2. The number of carboxylic acids is 1. The van der Waals surface area contributed by atoms with Gasteiger partial charge >= 0.3 is 12.0 Å². The third-order valence-electron chi connectivity index (χ3n) is 4.64. The molecule has 6 heteroatoms. The summed E-state index contributed by atoms with van der Waals surface area (Å²) in [6.45, 7) is 1.44. The molecular weight excluding hydrogens is 330 g/mol. The Morgan fingerprint density at radius 2 is 1.85 bits per heavy atom. The number of carbonyl (C=O) groups is 2. The molecule has 136 valence electrons. The zero-order valence-corrected chi connectivity index (χ0v) is 14.8. The smallest absolute Gasteiger partial charge is 0.321 e. The van der Waals surface area contributed by atoms with Gasteiger partial charge in [-0.1, -0.05) is 42.5 Å². The zero-order valence-electron chi connectivity index (χ0n) is 14.8. The van der Waals surface area contributed by atoms with Gasteiger partial charge in [0.2, 0.25) is 0 Å². The van der Waals surface area contributed by atoms with Gasteiger partial charge in [-0.05, 0) is 24.1 Å². The molecule has 1 atom stereocenters. The van der Waals surface area contributed by atoms with Crippen LogP contribution in [0.2, 0.25) is 0 Å². The lowest BCUT2D eigenvalue weighted by Gasteiger charge is -2.24. The molecule has 1 aliphatic rings. The molecule has 3 rings (SSSR count). The summed E-state index contributed by atoms with van der Waals surface area (Å²) >= 11 is 0. The minimum Gasteiger partial charge on any atom is -0.481 e. The summed E-state index contributed by atoms with van der Waals surface area (Å²) in [6, 6.07) is 17.5. The lowest BCUT2D eigenvalue weighted by Crippen LogP contribution is -2.34. The van der Waals surface area contributed by atoms with Crippen molar-refractivity contribution >= 4 is 23.4 Å². The molecule has 1 unspecified atom stereocenters. The molecule has 0 aliphatic carbocycles. The summed E-state index contributed by atoms with van der Waals surface area (Å²) in [6.07, 6.45) is 0.498. The Bertz CT molecular complexity index is 779. The first-order chi connectivity index (χ1) is 12.5. The van der Waals surface area contributed by atoms with Crippen molar-refractivity contribution in [3.05, 3.63) is 60.2 Å². The monoisotopic (exact) mass is 353 g/mol. The van der Waals surface area contributed by atoms with Crippen LogP contribution in [0.5, 0.6) is 0 Å². The molecule has 0 aromatic heterocycles. The third kappa shape index (κ3) is 4.14. The minimum atomic E-state index is -0.844. The van der Waals surface area contributed by atoms with Crippen molar-refractivity contribution in [3.8, 4) is 0 Å². The van der Waals surface area contributed by atoms with Gasteiger partial charge in [0.15, 0.2) is 0 Å². The molecule has 0 spiro atoms. The fourth-order valence-electron chi connectivity index (χ4n) is 3.20. The van der Waals surface area contributed by atoms with Crippen molar-refractivity contribution in [1.29, 1.82) is 0 Å². The Morgan fingerprint density at radius 3 is 2.54 bits per heavy atom. The van der Waals surface area contributed by atoms with E-state index in [0.29, 0.717) is 13.0 Å². The van der Waals surface area contributed by atoms with Crippen molar-refractivity contribution in [2.75, 3.05) is 30.4 Å². The predicted molar refractivity (Wildman–Crippen MR) is 101 cm³/mol. The fourth-order valence-corrected chi connectivity index (χ4v) is 3.20. The van der Waals surface area contributed by atoms with Crippen molar-refractivity contribution in [2.24, 2.45) is 5.92 Å². The number of hydrogen-bond donors (Lipinski definition) is 2. The van der Waals surface area contributed by atoms with Gasteiger partial charge in [0.05, 0.1) is 17.3 Å². The second kappa shape index (κ2) is 7.91. The quantitative estimate of drug-likeness (QED) is 0.865. The molecule has 2 aromatic rings. The normalized spacial score (nSPS) is 16.3. The third-order valence-corrected chi connectivity index (χ3v) is 4.64. The van der Waals surface area contributed by atoms with Gasteiger partial charge in [-0.25, -0.2) is 4.79 Å². The first-order valence-electron chi connectivity index (χ1n) is 8.67.